The van der Waals surface area contributed by atoms with Crippen molar-refractivity contribution in [3.8, 4) is 5.75 Å². The van der Waals surface area contributed by atoms with Crippen molar-refractivity contribution in [1.29, 1.82) is 0 Å². The third-order valence-corrected chi connectivity index (χ3v) is 5.55. The highest BCUT2D eigenvalue weighted by Gasteiger charge is 2.25. The van der Waals surface area contributed by atoms with Crippen molar-refractivity contribution in [1.82, 2.24) is 0 Å². The van der Waals surface area contributed by atoms with Crippen LogP contribution in [0.1, 0.15) is 30.9 Å². The van der Waals surface area contributed by atoms with Gasteiger partial charge in [0.05, 0.1) is 5.69 Å². The lowest BCUT2D eigenvalue weighted by atomic mass is 10.0. The maximum Gasteiger partial charge on any atom is 0.387 e. The van der Waals surface area contributed by atoms with Crippen molar-refractivity contribution < 1.29 is 28.1 Å². The van der Waals surface area contributed by atoms with Gasteiger partial charge in [-0.15, -0.1) is 0 Å². The van der Waals surface area contributed by atoms with Gasteiger partial charge in [-0.2, -0.15) is 8.78 Å². The van der Waals surface area contributed by atoms with E-state index in [0.717, 1.165) is 32.7 Å². The molecule has 3 rings (SSSR count). The summed E-state index contributed by atoms with van der Waals surface area (Å²) in [5, 5.41) is 2.70. The van der Waals surface area contributed by atoms with Gasteiger partial charge in [0.25, 0.3) is 5.91 Å². The number of hydrogen-bond acceptors (Lipinski definition) is 2. The predicted molar refractivity (Wildman–Crippen MR) is 112 cm³/mol. The number of piperazine rings is 1. The Bertz CT molecular complexity index is 819. The minimum absolute atomic E-state index is 0.0198. The molecule has 1 saturated heterocycles. The zero-order chi connectivity index (χ0) is 21.5. The van der Waals surface area contributed by atoms with Gasteiger partial charge in [-0.1, -0.05) is 50.2 Å². The minimum Gasteiger partial charge on any atom is -0.433 e. The summed E-state index contributed by atoms with van der Waals surface area (Å²) in [4.78, 5) is 15.1. The van der Waals surface area contributed by atoms with Crippen molar-refractivity contribution in [2.75, 3.05) is 38.0 Å². The van der Waals surface area contributed by atoms with Crippen LogP contribution in [-0.2, 0) is 11.3 Å². The topological polar surface area (TPSA) is 47.2 Å². The number of para-hydroxylation sites is 2. The van der Waals surface area contributed by atoms with E-state index >= 15 is 0 Å². The number of quaternary nitrogens is 2. The largest absolute Gasteiger partial charge is 0.433 e. The maximum atomic E-state index is 12.5. The molecule has 0 atom stereocenters. The molecule has 1 heterocycles. The summed E-state index contributed by atoms with van der Waals surface area (Å²) < 4.78 is 29.5. The molecule has 5 nitrogen and oxygen atoms in total. The fourth-order valence-corrected chi connectivity index (χ4v) is 3.81. The van der Waals surface area contributed by atoms with E-state index in [2.05, 4.69) is 48.2 Å². The molecule has 1 aliphatic rings. The Morgan fingerprint density at radius 3 is 2.27 bits per heavy atom. The molecule has 1 fully saturated rings. The molecule has 3 N–H and O–H groups in total. The molecule has 2 aromatic rings. The number of hydrogen-bond donors (Lipinski definition) is 3. The van der Waals surface area contributed by atoms with Crippen LogP contribution in [-0.4, -0.2) is 45.2 Å². The van der Waals surface area contributed by atoms with E-state index in [1.54, 1.807) is 18.2 Å². The number of anilines is 1. The molecule has 0 bridgehead atoms. The first-order valence-electron chi connectivity index (χ1n) is 10.5. The van der Waals surface area contributed by atoms with Gasteiger partial charge in [-0.25, -0.2) is 0 Å². The van der Waals surface area contributed by atoms with Gasteiger partial charge in [0, 0.05) is 5.56 Å². The monoisotopic (exact) mass is 419 g/mol. The van der Waals surface area contributed by atoms with Gasteiger partial charge in [0.2, 0.25) is 0 Å². The molecule has 30 heavy (non-hydrogen) atoms. The molecule has 1 amide bonds. The fourth-order valence-electron chi connectivity index (χ4n) is 3.81. The Morgan fingerprint density at radius 2 is 1.63 bits per heavy atom. The van der Waals surface area contributed by atoms with Crippen molar-refractivity contribution >= 4 is 11.6 Å². The van der Waals surface area contributed by atoms with Gasteiger partial charge >= 0.3 is 6.61 Å². The van der Waals surface area contributed by atoms with Crippen molar-refractivity contribution in [2.45, 2.75) is 32.9 Å². The lowest BCUT2D eigenvalue weighted by molar-refractivity contribution is -1.02. The summed E-state index contributed by atoms with van der Waals surface area (Å²) in [6.07, 6.45) is 0. The highest BCUT2D eigenvalue weighted by molar-refractivity contribution is 5.92. The van der Waals surface area contributed by atoms with E-state index in [1.807, 2.05) is 0 Å². The number of rotatable bonds is 8. The summed E-state index contributed by atoms with van der Waals surface area (Å²) in [5.41, 5.74) is 2.97. The molecular formula is C23H31F2N3O2+2. The lowest BCUT2D eigenvalue weighted by Gasteiger charge is -2.29. The SMILES string of the molecule is CC(C)c1ccc(C[NH+]2CC[NH+](CC(=O)Nc3ccccc3OC(F)F)CC2)cc1. The number of amides is 1. The van der Waals surface area contributed by atoms with Crippen molar-refractivity contribution in [3.05, 3.63) is 59.7 Å². The van der Waals surface area contributed by atoms with E-state index in [4.69, 9.17) is 0 Å². The van der Waals surface area contributed by atoms with Crippen molar-refractivity contribution in [3.63, 3.8) is 0 Å². The summed E-state index contributed by atoms with van der Waals surface area (Å²) in [6, 6.07) is 15.1. The van der Waals surface area contributed by atoms with E-state index < -0.39 is 6.61 Å². The number of ether oxygens (including phenoxy) is 1. The van der Waals surface area contributed by atoms with Crippen LogP contribution in [0, 0.1) is 0 Å². The van der Waals surface area contributed by atoms with Crippen LogP contribution in [0.25, 0.3) is 0 Å². The van der Waals surface area contributed by atoms with Crippen molar-refractivity contribution in [2.24, 2.45) is 0 Å². The van der Waals surface area contributed by atoms with Gasteiger partial charge in [-0.3, -0.25) is 4.79 Å². The highest BCUT2D eigenvalue weighted by atomic mass is 19.3. The average Bonchev–Trinajstić information content (AvgIpc) is 2.71. The summed E-state index contributed by atoms with van der Waals surface area (Å²) in [5.74, 6) is 0.329. The second-order valence-corrected chi connectivity index (χ2v) is 8.17. The molecular weight excluding hydrogens is 388 g/mol. The molecule has 0 radical (unpaired) electrons. The number of carbonyl (C=O) groups excluding carboxylic acids is 1. The van der Waals surface area contributed by atoms with Crippen LogP contribution in [0.4, 0.5) is 14.5 Å². The zero-order valence-corrected chi connectivity index (χ0v) is 17.6. The van der Waals surface area contributed by atoms with Crippen LogP contribution in [0.15, 0.2) is 48.5 Å². The molecule has 0 spiro atoms. The van der Waals surface area contributed by atoms with E-state index in [0.29, 0.717) is 12.5 Å². The van der Waals surface area contributed by atoms with Gasteiger partial charge in [0.1, 0.15) is 38.5 Å². The van der Waals surface area contributed by atoms with Crippen LogP contribution < -0.4 is 19.9 Å². The number of alkyl halides is 2. The summed E-state index contributed by atoms with van der Waals surface area (Å²) >= 11 is 0. The van der Waals surface area contributed by atoms with Gasteiger partial charge < -0.3 is 19.9 Å². The lowest BCUT2D eigenvalue weighted by Crippen LogP contribution is -3.28. The Hall–Kier alpha value is -2.51. The van der Waals surface area contributed by atoms with Crippen LogP contribution >= 0.6 is 0 Å². The molecule has 162 valence electrons. The highest BCUT2D eigenvalue weighted by Crippen LogP contribution is 2.25. The molecule has 2 aromatic carbocycles. The van der Waals surface area contributed by atoms with E-state index in [9.17, 15) is 13.6 Å². The first-order chi connectivity index (χ1) is 14.4. The molecule has 1 aliphatic heterocycles. The second-order valence-electron chi connectivity index (χ2n) is 8.17. The predicted octanol–water partition coefficient (Wildman–Crippen LogP) is 1.33. The van der Waals surface area contributed by atoms with Gasteiger partial charge in [0.15, 0.2) is 6.54 Å². The summed E-state index contributed by atoms with van der Waals surface area (Å²) in [7, 11) is 0. The third-order valence-electron chi connectivity index (χ3n) is 5.55. The Morgan fingerprint density at radius 1 is 1.00 bits per heavy atom. The standard InChI is InChI=1S/C23H29F2N3O2/c1-17(2)19-9-7-18(8-10-19)15-27-11-13-28(14-12-27)16-22(29)26-20-5-3-4-6-21(20)30-23(24)25/h3-10,17,23H,11-16H2,1-2H3,(H,26,29)/p+2. The molecule has 0 unspecified atom stereocenters. The quantitative estimate of drug-likeness (QED) is 0.605. The number of carbonyl (C=O) groups is 1. The minimum atomic E-state index is -2.92. The Kier molecular flexibility index (Phi) is 7.76. The Balaban J connectivity index is 1.45. The molecule has 0 saturated carbocycles. The maximum absolute atomic E-state index is 12.5. The fraction of sp³-hybridized carbons (Fsp3) is 0.435. The molecule has 0 aromatic heterocycles. The third kappa shape index (κ3) is 6.50. The average molecular weight is 420 g/mol. The molecule has 7 heteroatoms. The number of benzene rings is 2. The van der Waals surface area contributed by atoms with Crippen LogP contribution in [0.3, 0.4) is 0 Å². The number of halogens is 2. The first-order valence-corrected chi connectivity index (χ1v) is 10.5. The number of nitrogens with one attached hydrogen (secondary N) is 3. The summed E-state index contributed by atoms with van der Waals surface area (Å²) in [6.45, 7) is 6.59. The van der Waals surface area contributed by atoms with E-state index in [-0.39, 0.29) is 17.3 Å². The van der Waals surface area contributed by atoms with Crippen LogP contribution in [0.5, 0.6) is 5.75 Å². The molecule has 0 aliphatic carbocycles. The van der Waals surface area contributed by atoms with Gasteiger partial charge in [-0.05, 0) is 23.6 Å². The Labute approximate surface area is 176 Å². The first kappa shape index (κ1) is 22.2. The van der Waals surface area contributed by atoms with Crippen LogP contribution in [0.2, 0.25) is 0 Å². The second kappa shape index (κ2) is 10.5. The van der Waals surface area contributed by atoms with E-state index in [1.165, 1.54) is 27.0 Å². The zero-order valence-electron chi connectivity index (χ0n) is 17.6. The normalized spacial score (nSPS) is 19.1. The smallest absolute Gasteiger partial charge is 0.387 e.